The van der Waals surface area contributed by atoms with Crippen LogP contribution in [-0.4, -0.2) is 95.9 Å². The number of amides is 2. The summed E-state index contributed by atoms with van der Waals surface area (Å²) >= 11 is 0. The number of aliphatic hydroxyl groups excluding tert-OH is 1. The van der Waals surface area contributed by atoms with Crippen molar-refractivity contribution in [2.75, 3.05) is 13.2 Å². The molecule has 0 aromatic heterocycles. The largest absolute Gasteiger partial charge is 0.462 e. The fourth-order valence-electron chi connectivity index (χ4n) is 8.13. The van der Waals surface area contributed by atoms with Crippen molar-refractivity contribution in [3.63, 3.8) is 0 Å². The van der Waals surface area contributed by atoms with Gasteiger partial charge in [-0.1, -0.05) is 44.2 Å². The van der Waals surface area contributed by atoms with E-state index >= 15 is 0 Å². The lowest BCUT2D eigenvalue weighted by atomic mass is 9.90. The molecule has 332 valence electrons. The zero-order valence-corrected chi connectivity index (χ0v) is 35.8. The van der Waals surface area contributed by atoms with Gasteiger partial charge in [0.25, 0.3) is 5.91 Å². The van der Waals surface area contributed by atoms with Crippen molar-refractivity contribution >= 4 is 41.8 Å². The van der Waals surface area contributed by atoms with Crippen molar-refractivity contribution in [1.82, 2.24) is 10.6 Å². The quantitative estimate of drug-likeness (QED) is 0.117. The second-order valence-electron chi connectivity index (χ2n) is 18.5. The maximum atomic E-state index is 14.0. The first-order valence-corrected chi connectivity index (χ1v) is 21.4. The lowest BCUT2D eigenvalue weighted by Gasteiger charge is -2.31. The van der Waals surface area contributed by atoms with Gasteiger partial charge in [0, 0.05) is 53.8 Å². The van der Waals surface area contributed by atoms with Crippen LogP contribution >= 0.6 is 0 Å². The first-order chi connectivity index (χ1) is 29.4. The Hall–Kier alpha value is -5.38. The zero-order chi connectivity index (χ0) is 44.4. The number of aliphatic hydroxyl groups is 1. The van der Waals surface area contributed by atoms with E-state index in [1.54, 1.807) is 89.2 Å². The Morgan fingerprint density at radius 2 is 1.68 bits per heavy atom. The number of rotatable bonds is 16. The van der Waals surface area contributed by atoms with E-state index in [1.165, 1.54) is 6.08 Å². The fourth-order valence-corrected chi connectivity index (χ4v) is 8.13. The third-order valence-corrected chi connectivity index (χ3v) is 11.6. The van der Waals surface area contributed by atoms with Gasteiger partial charge in [0.05, 0.1) is 18.2 Å². The number of nitrogens with one attached hydrogen (secondary N) is 2. The van der Waals surface area contributed by atoms with Gasteiger partial charge in [-0.15, -0.1) is 0 Å². The number of ether oxygens (including phenoxy) is 6. The number of esters is 4. The second-order valence-corrected chi connectivity index (χ2v) is 18.5. The number of fused-ring (bicyclic) bond motifs is 1. The molecule has 2 heterocycles. The molecule has 2 amide bonds. The van der Waals surface area contributed by atoms with Crippen molar-refractivity contribution in [3.05, 3.63) is 88.5 Å². The molecule has 15 heteroatoms. The van der Waals surface area contributed by atoms with Crippen LogP contribution in [0.25, 0.3) is 6.08 Å². The van der Waals surface area contributed by atoms with Crippen LogP contribution in [-0.2, 0) is 54.1 Å². The molecule has 2 saturated carbocycles. The Morgan fingerprint density at radius 1 is 0.952 bits per heavy atom. The first-order valence-electron chi connectivity index (χ1n) is 21.4. The smallest absolute Gasteiger partial charge is 0.348 e. The summed E-state index contributed by atoms with van der Waals surface area (Å²) in [6, 6.07) is 12.6. The number of hydrogen-bond acceptors (Lipinski definition) is 13. The zero-order valence-electron chi connectivity index (χ0n) is 35.8. The molecule has 0 unspecified atom stereocenters. The van der Waals surface area contributed by atoms with E-state index in [-0.39, 0.29) is 56.4 Å². The summed E-state index contributed by atoms with van der Waals surface area (Å²) in [4.78, 5) is 78.1. The van der Waals surface area contributed by atoms with Crippen LogP contribution in [0.4, 0.5) is 0 Å². The number of hydrogen-bond donors (Lipinski definition) is 3. The number of cyclic esters (lactones) is 1. The summed E-state index contributed by atoms with van der Waals surface area (Å²) < 4.78 is 35.5. The van der Waals surface area contributed by atoms with Crippen LogP contribution in [0.15, 0.2) is 66.3 Å². The molecule has 15 nitrogen and oxygen atoms in total. The second kappa shape index (κ2) is 18.1. The third-order valence-electron chi connectivity index (χ3n) is 11.6. The fraction of sp³-hybridized carbons (Fsp3) is 0.532. The summed E-state index contributed by atoms with van der Waals surface area (Å²) in [5.74, 6) is -3.74. The Labute approximate surface area is 360 Å². The molecule has 7 rings (SSSR count). The van der Waals surface area contributed by atoms with E-state index in [9.17, 15) is 33.9 Å². The van der Waals surface area contributed by atoms with Gasteiger partial charge in [0.1, 0.15) is 30.5 Å². The molecule has 3 aliphatic carbocycles. The molecule has 5 aliphatic rings. The predicted molar refractivity (Wildman–Crippen MR) is 222 cm³/mol. The first kappa shape index (κ1) is 44.7. The summed E-state index contributed by atoms with van der Waals surface area (Å²) in [6.45, 7) is 8.66. The molecule has 62 heavy (non-hydrogen) atoms. The minimum absolute atomic E-state index is 0.0229. The van der Waals surface area contributed by atoms with Crippen LogP contribution in [0, 0.1) is 17.3 Å². The van der Waals surface area contributed by atoms with Crippen molar-refractivity contribution in [2.45, 2.75) is 128 Å². The maximum absolute atomic E-state index is 14.0. The van der Waals surface area contributed by atoms with Crippen molar-refractivity contribution in [1.29, 1.82) is 0 Å². The molecule has 0 radical (unpaired) electrons. The van der Waals surface area contributed by atoms with Crippen LogP contribution in [0.3, 0.4) is 0 Å². The Balaban J connectivity index is 1.01. The molecular weight excluding hydrogens is 801 g/mol. The monoisotopic (exact) mass is 856 g/mol. The Bertz CT molecular complexity index is 2120. The minimum atomic E-state index is -1.06. The van der Waals surface area contributed by atoms with Gasteiger partial charge < -0.3 is 44.2 Å². The topological polar surface area (TPSA) is 202 Å². The molecule has 4 fully saturated rings. The van der Waals surface area contributed by atoms with Gasteiger partial charge in [0.2, 0.25) is 12.0 Å². The SMILES string of the molecule is CC(C)(C)OC(=O)CC[C@@H](CO)NC(=O)c1cccc(CNC(=O)C2=C[C@H]3OC(C4CC4)(C4CC4)O[C@H]3[C@H](OC(=O)c3ccccc3C=CC(=O)O[C@H]3C(=O)OCC3(C)C)C2)c1. The summed E-state index contributed by atoms with van der Waals surface area (Å²) in [5, 5.41) is 15.6. The van der Waals surface area contributed by atoms with Crippen molar-refractivity contribution in [2.24, 2.45) is 17.3 Å². The highest BCUT2D eigenvalue weighted by molar-refractivity contribution is 5.97. The minimum Gasteiger partial charge on any atom is -0.462 e. The maximum Gasteiger partial charge on any atom is 0.348 e. The highest BCUT2D eigenvalue weighted by atomic mass is 16.8. The summed E-state index contributed by atoms with van der Waals surface area (Å²) in [5.41, 5.74) is 0.510. The molecule has 0 bridgehead atoms. The summed E-state index contributed by atoms with van der Waals surface area (Å²) in [6.07, 6.45) is 5.17. The summed E-state index contributed by atoms with van der Waals surface area (Å²) in [7, 11) is 0. The molecule has 3 N–H and O–H groups in total. The Kier molecular flexibility index (Phi) is 13.1. The normalized spacial score (nSPS) is 24.3. The standard InChI is InChI=1S/C47H56N2O13/c1-45(2,3)61-38(52)20-18-33(25-50)49-42(54)29-11-8-9-27(21-29)24-48-41(53)30-22-35(39-36(23-30)60-47(62-39,31-14-15-31)32-16-17-32)58-43(55)34-12-7-6-10-28(34)13-19-37(51)59-40-44(56)57-26-46(40,4)5/h6-13,19,21,23,31-33,35-36,39-40,50H,14-18,20,22,24-26H2,1-5H3,(H,48,53)(H,49,54)/t33-,35+,36+,39-,40-/m0/s1. The van der Waals surface area contributed by atoms with Crippen LogP contribution < -0.4 is 10.6 Å². The molecule has 5 atom stereocenters. The van der Waals surface area contributed by atoms with E-state index in [2.05, 4.69) is 10.6 Å². The van der Waals surface area contributed by atoms with E-state index in [4.69, 9.17) is 28.4 Å². The lowest BCUT2D eigenvalue weighted by molar-refractivity contribution is -0.209. The molecule has 2 aromatic rings. The van der Waals surface area contributed by atoms with E-state index in [0.717, 1.165) is 31.8 Å². The average Bonchev–Trinajstić information content (AvgIpc) is 4.18. The molecular formula is C47H56N2O13. The molecule has 2 aliphatic heterocycles. The van der Waals surface area contributed by atoms with Crippen molar-refractivity contribution in [3.8, 4) is 0 Å². The van der Waals surface area contributed by atoms with Crippen LogP contribution in [0.5, 0.6) is 0 Å². The molecule has 2 aromatic carbocycles. The van der Waals surface area contributed by atoms with Gasteiger partial charge in [-0.3, -0.25) is 14.4 Å². The third kappa shape index (κ3) is 10.6. The van der Waals surface area contributed by atoms with Gasteiger partial charge in [-0.05, 0) is 94.4 Å². The average molecular weight is 857 g/mol. The van der Waals surface area contributed by atoms with E-state index in [1.807, 2.05) is 0 Å². The van der Waals surface area contributed by atoms with Gasteiger partial charge in [-0.2, -0.15) is 0 Å². The van der Waals surface area contributed by atoms with Gasteiger partial charge in [0.15, 0.2) is 5.79 Å². The lowest BCUT2D eigenvalue weighted by Crippen LogP contribution is -2.44. The van der Waals surface area contributed by atoms with E-state index in [0.29, 0.717) is 22.3 Å². The number of benzene rings is 2. The van der Waals surface area contributed by atoms with Crippen LogP contribution in [0.2, 0.25) is 0 Å². The Morgan fingerprint density at radius 3 is 2.34 bits per heavy atom. The van der Waals surface area contributed by atoms with Gasteiger partial charge in [-0.25, -0.2) is 14.4 Å². The highest BCUT2D eigenvalue weighted by Crippen LogP contribution is 2.59. The predicted octanol–water partition coefficient (Wildman–Crippen LogP) is 4.88. The van der Waals surface area contributed by atoms with E-state index < -0.39 is 83.0 Å². The molecule has 2 saturated heterocycles. The van der Waals surface area contributed by atoms with Gasteiger partial charge >= 0.3 is 23.9 Å². The molecule has 0 spiro atoms. The number of carbonyl (C=O) groups excluding carboxylic acids is 6. The van der Waals surface area contributed by atoms with Crippen LogP contribution in [0.1, 0.15) is 111 Å². The highest BCUT2D eigenvalue weighted by Gasteiger charge is 2.64. The van der Waals surface area contributed by atoms with Crippen molar-refractivity contribution < 1.29 is 62.3 Å². The number of carbonyl (C=O) groups is 6.